The van der Waals surface area contributed by atoms with Crippen molar-refractivity contribution in [1.29, 1.82) is 0 Å². The molecule has 0 bridgehead atoms. The molecule has 0 aliphatic heterocycles. The number of rotatable bonds is 8. The molecular formula is C14H26N2O. The smallest absolute Gasteiger partial charge is 0.120 e. The lowest BCUT2D eigenvalue weighted by atomic mass is 10.2. The van der Waals surface area contributed by atoms with Crippen LogP contribution in [0, 0.1) is 6.92 Å². The lowest BCUT2D eigenvalue weighted by Gasteiger charge is -2.17. The highest BCUT2D eigenvalue weighted by molar-refractivity contribution is 5.20. The van der Waals surface area contributed by atoms with Crippen LogP contribution >= 0.6 is 0 Å². The van der Waals surface area contributed by atoms with Crippen LogP contribution in [0.3, 0.4) is 0 Å². The molecule has 1 rings (SSSR count). The van der Waals surface area contributed by atoms with Gasteiger partial charge in [0.05, 0.1) is 13.1 Å². The van der Waals surface area contributed by atoms with Gasteiger partial charge in [-0.15, -0.1) is 0 Å². The van der Waals surface area contributed by atoms with Crippen molar-refractivity contribution < 1.29 is 4.42 Å². The molecule has 0 aromatic carbocycles. The van der Waals surface area contributed by atoms with E-state index in [1.165, 1.54) is 12.0 Å². The molecule has 0 radical (unpaired) electrons. The van der Waals surface area contributed by atoms with Crippen LogP contribution < -0.4 is 5.32 Å². The summed E-state index contributed by atoms with van der Waals surface area (Å²) >= 11 is 0. The molecule has 0 saturated carbocycles. The largest absolute Gasteiger partial charge is 0.463 e. The van der Waals surface area contributed by atoms with Crippen molar-refractivity contribution in [2.24, 2.45) is 0 Å². The van der Waals surface area contributed by atoms with E-state index in [-0.39, 0.29) is 0 Å². The Kier molecular flexibility index (Phi) is 6.30. The molecule has 98 valence electrons. The second-order valence-corrected chi connectivity index (χ2v) is 4.47. The van der Waals surface area contributed by atoms with Crippen LogP contribution in [0.15, 0.2) is 10.5 Å². The SMILES string of the molecule is CCCN(CC)Cc1cc(C)c(CNCC)o1. The summed E-state index contributed by atoms with van der Waals surface area (Å²) in [6.45, 7) is 13.6. The topological polar surface area (TPSA) is 28.4 Å². The van der Waals surface area contributed by atoms with Gasteiger partial charge < -0.3 is 9.73 Å². The Morgan fingerprint density at radius 2 is 2.06 bits per heavy atom. The summed E-state index contributed by atoms with van der Waals surface area (Å²) in [7, 11) is 0. The van der Waals surface area contributed by atoms with E-state index in [9.17, 15) is 0 Å². The Labute approximate surface area is 105 Å². The molecule has 3 heteroatoms. The van der Waals surface area contributed by atoms with Gasteiger partial charge in [-0.3, -0.25) is 4.90 Å². The molecule has 1 aromatic heterocycles. The van der Waals surface area contributed by atoms with Gasteiger partial charge in [0.15, 0.2) is 0 Å². The minimum absolute atomic E-state index is 0.836. The van der Waals surface area contributed by atoms with Crippen LogP contribution in [0.2, 0.25) is 0 Å². The van der Waals surface area contributed by atoms with Crippen LogP contribution in [-0.4, -0.2) is 24.5 Å². The summed E-state index contributed by atoms with van der Waals surface area (Å²) in [6, 6.07) is 2.17. The first-order chi connectivity index (χ1) is 8.21. The fourth-order valence-corrected chi connectivity index (χ4v) is 1.97. The van der Waals surface area contributed by atoms with Gasteiger partial charge in [0.1, 0.15) is 11.5 Å². The van der Waals surface area contributed by atoms with Crippen molar-refractivity contribution in [3.63, 3.8) is 0 Å². The van der Waals surface area contributed by atoms with E-state index >= 15 is 0 Å². The maximum absolute atomic E-state index is 5.89. The van der Waals surface area contributed by atoms with E-state index in [0.717, 1.165) is 44.2 Å². The highest BCUT2D eigenvalue weighted by Gasteiger charge is 2.10. The van der Waals surface area contributed by atoms with E-state index in [0.29, 0.717) is 0 Å². The van der Waals surface area contributed by atoms with Gasteiger partial charge in [-0.2, -0.15) is 0 Å². The second kappa shape index (κ2) is 7.51. The number of nitrogens with one attached hydrogen (secondary N) is 1. The highest BCUT2D eigenvalue weighted by Crippen LogP contribution is 2.16. The predicted octanol–water partition coefficient (Wildman–Crippen LogP) is 2.93. The first kappa shape index (κ1) is 14.3. The molecule has 17 heavy (non-hydrogen) atoms. The first-order valence-corrected chi connectivity index (χ1v) is 6.72. The molecule has 0 atom stereocenters. The zero-order chi connectivity index (χ0) is 12.7. The minimum Gasteiger partial charge on any atom is -0.463 e. The van der Waals surface area contributed by atoms with Crippen LogP contribution in [-0.2, 0) is 13.1 Å². The fraction of sp³-hybridized carbons (Fsp3) is 0.714. The molecule has 0 aliphatic carbocycles. The maximum Gasteiger partial charge on any atom is 0.120 e. The van der Waals surface area contributed by atoms with Crippen molar-refractivity contribution in [2.75, 3.05) is 19.6 Å². The van der Waals surface area contributed by atoms with E-state index < -0.39 is 0 Å². The third kappa shape index (κ3) is 4.52. The number of furan rings is 1. The molecule has 0 spiro atoms. The van der Waals surface area contributed by atoms with Crippen LogP contribution in [0.1, 0.15) is 44.3 Å². The van der Waals surface area contributed by atoms with Crippen molar-refractivity contribution in [3.05, 3.63) is 23.2 Å². The van der Waals surface area contributed by atoms with Gasteiger partial charge in [0, 0.05) is 0 Å². The molecular weight excluding hydrogens is 212 g/mol. The Morgan fingerprint density at radius 1 is 1.29 bits per heavy atom. The average Bonchev–Trinajstić information content (AvgIpc) is 2.66. The Morgan fingerprint density at radius 3 is 2.65 bits per heavy atom. The molecule has 3 nitrogen and oxygen atoms in total. The molecule has 0 amide bonds. The van der Waals surface area contributed by atoms with E-state index in [1.54, 1.807) is 0 Å². The predicted molar refractivity (Wildman–Crippen MR) is 72.1 cm³/mol. The summed E-state index contributed by atoms with van der Waals surface area (Å²) in [4.78, 5) is 2.41. The summed E-state index contributed by atoms with van der Waals surface area (Å²) < 4.78 is 5.89. The van der Waals surface area contributed by atoms with Gasteiger partial charge in [-0.1, -0.05) is 20.8 Å². The van der Waals surface area contributed by atoms with Gasteiger partial charge in [-0.05, 0) is 44.6 Å². The molecule has 0 fully saturated rings. The standard InChI is InChI=1S/C14H26N2O/c1-5-8-16(7-3)11-13-9-12(4)14(17-13)10-15-6-2/h9,15H,5-8,10-11H2,1-4H3. The lowest BCUT2D eigenvalue weighted by molar-refractivity contribution is 0.253. The Balaban J connectivity index is 2.59. The van der Waals surface area contributed by atoms with Crippen LogP contribution in [0.25, 0.3) is 0 Å². The third-order valence-electron chi connectivity index (χ3n) is 2.97. The molecule has 0 saturated heterocycles. The zero-order valence-corrected chi connectivity index (χ0v) is 11.7. The highest BCUT2D eigenvalue weighted by atomic mass is 16.3. The maximum atomic E-state index is 5.89. The van der Waals surface area contributed by atoms with Gasteiger partial charge in [0.25, 0.3) is 0 Å². The van der Waals surface area contributed by atoms with Crippen LogP contribution in [0.5, 0.6) is 0 Å². The van der Waals surface area contributed by atoms with E-state index in [2.05, 4.69) is 44.0 Å². The third-order valence-corrected chi connectivity index (χ3v) is 2.97. The summed E-state index contributed by atoms with van der Waals surface area (Å²) in [5.41, 5.74) is 1.26. The number of nitrogens with zero attached hydrogens (tertiary/aromatic N) is 1. The molecule has 1 heterocycles. The Hall–Kier alpha value is -0.800. The molecule has 0 aliphatic rings. The fourth-order valence-electron chi connectivity index (χ4n) is 1.97. The van der Waals surface area contributed by atoms with Crippen molar-refractivity contribution in [1.82, 2.24) is 10.2 Å². The lowest BCUT2D eigenvalue weighted by Crippen LogP contribution is -2.23. The minimum atomic E-state index is 0.836. The van der Waals surface area contributed by atoms with Crippen LogP contribution in [0.4, 0.5) is 0 Å². The van der Waals surface area contributed by atoms with Gasteiger partial charge in [0.2, 0.25) is 0 Å². The van der Waals surface area contributed by atoms with E-state index in [1.807, 2.05) is 0 Å². The second-order valence-electron chi connectivity index (χ2n) is 4.47. The zero-order valence-electron chi connectivity index (χ0n) is 11.7. The number of aryl methyl sites for hydroxylation is 1. The molecule has 1 aromatic rings. The van der Waals surface area contributed by atoms with Gasteiger partial charge >= 0.3 is 0 Å². The number of hydrogen-bond donors (Lipinski definition) is 1. The summed E-state index contributed by atoms with van der Waals surface area (Å²) in [6.07, 6.45) is 1.19. The summed E-state index contributed by atoms with van der Waals surface area (Å²) in [5, 5.41) is 3.30. The first-order valence-electron chi connectivity index (χ1n) is 6.72. The Bertz CT molecular complexity index is 320. The monoisotopic (exact) mass is 238 g/mol. The summed E-state index contributed by atoms with van der Waals surface area (Å²) in [5.74, 6) is 2.17. The normalized spacial score (nSPS) is 11.4. The van der Waals surface area contributed by atoms with Crippen molar-refractivity contribution in [3.8, 4) is 0 Å². The van der Waals surface area contributed by atoms with Gasteiger partial charge in [-0.25, -0.2) is 0 Å². The number of hydrogen-bond acceptors (Lipinski definition) is 3. The van der Waals surface area contributed by atoms with E-state index in [4.69, 9.17) is 4.42 Å². The van der Waals surface area contributed by atoms with Crippen molar-refractivity contribution >= 4 is 0 Å². The molecule has 0 unspecified atom stereocenters. The molecule has 1 N–H and O–H groups in total. The van der Waals surface area contributed by atoms with Crippen molar-refractivity contribution in [2.45, 2.75) is 47.2 Å². The quantitative estimate of drug-likeness (QED) is 0.755. The average molecular weight is 238 g/mol.